The zero-order valence-electron chi connectivity index (χ0n) is 16.0. The van der Waals surface area contributed by atoms with Crippen molar-refractivity contribution in [3.05, 3.63) is 60.2 Å². The molecule has 1 nitrogen and oxygen atoms in total. The van der Waals surface area contributed by atoms with Crippen LogP contribution in [0.5, 0.6) is 0 Å². The Balaban J connectivity index is 3.16. The smallest absolute Gasteiger partial charge is 0.0571 e. The van der Waals surface area contributed by atoms with Crippen LogP contribution in [0.2, 0.25) is 0 Å². The summed E-state index contributed by atoms with van der Waals surface area (Å²) in [6.45, 7) is 21.4. The van der Waals surface area contributed by atoms with Crippen molar-refractivity contribution < 1.29 is 0 Å². The van der Waals surface area contributed by atoms with Crippen molar-refractivity contribution in [3.63, 3.8) is 0 Å². The molecule has 0 atom stereocenters. The fourth-order valence-electron chi connectivity index (χ4n) is 2.93. The van der Waals surface area contributed by atoms with Crippen LogP contribution < -0.4 is 0 Å². The molecule has 130 valence electrons. The fraction of sp³-hybridized carbons (Fsp3) is 0.435. The minimum atomic E-state index is 0.642. The van der Waals surface area contributed by atoms with Gasteiger partial charge in [0.15, 0.2) is 0 Å². The number of aliphatic imine (C=N–C) groups is 1. The van der Waals surface area contributed by atoms with Crippen LogP contribution in [-0.2, 0) is 0 Å². The van der Waals surface area contributed by atoms with E-state index in [1.807, 2.05) is 6.08 Å². The summed E-state index contributed by atoms with van der Waals surface area (Å²) in [7, 11) is 0. The molecule has 1 aromatic rings. The normalized spacial score (nSPS) is 11.4. The fourth-order valence-corrected chi connectivity index (χ4v) is 2.93. The van der Waals surface area contributed by atoms with Gasteiger partial charge in [0.25, 0.3) is 0 Å². The first-order valence-corrected chi connectivity index (χ1v) is 9.03. The highest BCUT2D eigenvalue weighted by Crippen LogP contribution is 2.29. The van der Waals surface area contributed by atoms with Crippen LogP contribution >= 0.6 is 0 Å². The highest BCUT2D eigenvalue weighted by atomic mass is 14.7. The molecule has 0 heterocycles. The van der Waals surface area contributed by atoms with E-state index in [4.69, 9.17) is 0 Å². The third kappa shape index (κ3) is 5.63. The summed E-state index contributed by atoms with van der Waals surface area (Å²) < 4.78 is 0. The van der Waals surface area contributed by atoms with Gasteiger partial charge in [0.1, 0.15) is 0 Å². The number of allylic oxidation sites excluding steroid dienone is 2. The van der Waals surface area contributed by atoms with Crippen molar-refractivity contribution in [2.45, 2.75) is 59.8 Å². The maximum atomic E-state index is 4.60. The molecule has 24 heavy (non-hydrogen) atoms. The average molecular weight is 324 g/mol. The first-order chi connectivity index (χ1) is 11.4. The molecule has 0 spiro atoms. The summed E-state index contributed by atoms with van der Waals surface area (Å²) in [5, 5.41) is 0. The predicted octanol–water partition coefficient (Wildman–Crippen LogP) is 7.01. The molecule has 0 unspecified atom stereocenters. The average Bonchev–Trinajstić information content (AvgIpc) is 2.55. The van der Waals surface area contributed by atoms with E-state index in [1.54, 1.807) is 0 Å². The SMILES string of the molecule is C=CC/N=C(/C)c1cc(C(=C)CCCCCC)c(C)cc1C(=C)C. The lowest BCUT2D eigenvalue weighted by atomic mass is 9.89. The monoisotopic (exact) mass is 323 g/mol. The standard InChI is InChI=1S/C23H33N/c1-8-10-11-12-13-18(5)22-16-23(20(7)24-14-9-2)21(17(3)4)15-19(22)6/h9,15-16H,2-3,5,8,10-14H2,1,4,6-7H3/b24-20-. The Kier molecular flexibility index (Phi) is 8.46. The predicted molar refractivity (Wildman–Crippen MR) is 111 cm³/mol. The summed E-state index contributed by atoms with van der Waals surface area (Å²) >= 11 is 0. The molecule has 0 amide bonds. The molecule has 0 fully saturated rings. The Morgan fingerprint density at radius 1 is 1.04 bits per heavy atom. The number of hydrogen-bond acceptors (Lipinski definition) is 1. The first kappa shape index (κ1) is 20.2. The second-order valence-corrected chi connectivity index (χ2v) is 6.62. The lowest BCUT2D eigenvalue weighted by Crippen LogP contribution is -2.04. The molecule has 0 aliphatic heterocycles. The van der Waals surface area contributed by atoms with Crippen LogP contribution in [0.1, 0.15) is 75.1 Å². The minimum Gasteiger partial charge on any atom is -0.285 e. The van der Waals surface area contributed by atoms with Crippen molar-refractivity contribution in [2.75, 3.05) is 6.54 Å². The molecule has 1 aromatic carbocycles. The third-order valence-electron chi connectivity index (χ3n) is 4.38. The van der Waals surface area contributed by atoms with Crippen LogP contribution in [0.3, 0.4) is 0 Å². The highest BCUT2D eigenvalue weighted by Gasteiger charge is 2.12. The number of hydrogen-bond donors (Lipinski definition) is 0. The van der Waals surface area contributed by atoms with E-state index in [0.29, 0.717) is 6.54 Å². The maximum absolute atomic E-state index is 4.60. The van der Waals surface area contributed by atoms with Gasteiger partial charge in [-0.1, -0.05) is 57.1 Å². The number of nitrogens with zero attached hydrogens (tertiary/aromatic N) is 1. The van der Waals surface area contributed by atoms with Crippen molar-refractivity contribution in [2.24, 2.45) is 4.99 Å². The molecule has 0 saturated heterocycles. The summed E-state index contributed by atoms with van der Waals surface area (Å²) in [6, 6.07) is 4.49. The van der Waals surface area contributed by atoms with Crippen molar-refractivity contribution in [1.82, 2.24) is 0 Å². The van der Waals surface area contributed by atoms with Gasteiger partial charge in [-0.15, -0.1) is 6.58 Å². The van der Waals surface area contributed by atoms with Gasteiger partial charge in [0.2, 0.25) is 0 Å². The van der Waals surface area contributed by atoms with Crippen LogP contribution in [0.25, 0.3) is 11.1 Å². The molecular weight excluding hydrogens is 290 g/mol. The minimum absolute atomic E-state index is 0.642. The van der Waals surface area contributed by atoms with Gasteiger partial charge in [-0.25, -0.2) is 0 Å². The Labute approximate surface area is 148 Å². The van der Waals surface area contributed by atoms with E-state index in [1.165, 1.54) is 53.5 Å². The summed E-state index contributed by atoms with van der Waals surface area (Å²) in [4.78, 5) is 4.60. The molecule has 0 bridgehead atoms. The van der Waals surface area contributed by atoms with Crippen LogP contribution in [0.15, 0.2) is 42.9 Å². The molecular formula is C23H33N. The molecule has 0 aromatic heterocycles. The van der Waals surface area contributed by atoms with Crippen LogP contribution in [-0.4, -0.2) is 12.3 Å². The Morgan fingerprint density at radius 2 is 1.75 bits per heavy atom. The molecule has 0 aliphatic carbocycles. The molecule has 0 saturated carbocycles. The number of aryl methyl sites for hydroxylation is 1. The topological polar surface area (TPSA) is 12.4 Å². The largest absolute Gasteiger partial charge is 0.285 e. The molecule has 1 heteroatoms. The van der Waals surface area contributed by atoms with Gasteiger partial charge in [-0.3, -0.25) is 4.99 Å². The van der Waals surface area contributed by atoms with Gasteiger partial charge >= 0.3 is 0 Å². The summed E-state index contributed by atoms with van der Waals surface area (Å²) in [6.07, 6.45) is 7.96. The van der Waals surface area contributed by atoms with E-state index in [0.717, 1.165) is 17.7 Å². The van der Waals surface area contributed by atoms with Gasteiger partial charge in [-0.05, 0) is 61.9 Å². The van der Waals surface area contributed by atoms with Crippen molar-refractivity contribution in [1.29, 1.82) is 0 Å². The zero-order valence-corrected chi connectivity index (χ0v) is 16.0. The lowest BCUT2D eigenvalue weighted by molar-refractivity contribution is 0.679. The van der Waals surface area contributed by atoms with E-state index >= 15 is 0 Å². The summed E-state index contributed by atoms with van der Waals surface area (Å²) in [5.74, 6) is 0. The highest BCUT2D eigenvalue weighted by molar-refractivity contribution is 6.03. The van der Waals surface area contributed by atoms with Crippen LogP contribution in [0.4, 0.5) is 0 Å². The van der Waals surface area contributed by atoms with Gasteiger partial charge in [-0.2, -0.15) is 0 Å². The number of benzene rings is 1. The molecule has 0 N–H and O–H groups in total. The Hall–Kier alpha value is -1.89. The second-order valence-electron chi connectivity index (χ2n) is 6.62. The van der Waals surface area contributed by atoms with Gasteiger partial charge in [0.05, 0.1) is 6.54 Å². The van der Waals surface area contributed by atoms with E-state index in [9.17, 15) is 0 Å². The third-order valence-corrected chi connectivity index (χ3v) is 4.38. The van der Waals surface area contributed by atoms with Crippen molar-refractivity contribution >= 4 is 16.9 Å². The van der Waals surface area contributed by atoms with Crippen LogP contribution in [0, 0.1) is 6.92 Å². The quantitative estimate of drug-likeness (QED) is 0.249. The maximum Gasteiger partial charge on any atom is 0.0571 e. The number of unbranched alkanes of at least 4 members (excludes halogenated alkanes) is 3. The number of rotatable bonds is 10. The Bertz CT molecular complexity index is 632. The van der Waals surface area contributed by atoms with E-state index < -0.39 is 0 Å². The van der Waals surface area contributed by atoms with Gasteiger partial charge in [0, 0.05) is 11.3 Å². The lowest BCUT2D eigenvalue weighted by Gasteiger charge is -2.16. The molecule has 1 rings (SSSR count). The zero-order chi connectivity index (χ0) is 18.1. The molecule has 0 aliphatic rings. The van der Waals surface area contributed by atoms with Gasteiger partial charge < -0.3 is 0 Å². The summed E-state index contributed by atoms with van der Waals surface area (Å²) in [5.41, 5.74) is 8.22. The van der Waals surface area contributed by atoms with Crippen molar-refractivity contribution in [3.8, 4) is 0 Å². The second kappa shape index (κ2) is 10.1. The molecule has 0 radical (unpaired) electrons. The van der Waals surface area contributed by atoms with E-state index in [2.05, 4.69) is 64.6 Å². The van der Waals surface area contributed by atoms with E-state index in [-0.39, 0.29) is 0 Å². The first-order valence-electron chi connectivity index (χ1n) is 9.03. The Morgan fingerprint density at radius 3 is 2.33 bits per heavy atom.